The summed E-state index contributed by atoms with van der Waals surface area (Å²) in [6.45, 7) is 3.65. The van der Waals surface area contributed by atoms with Crippen molar-refractivity contribution in [3.05, 3.63) is 65.7 Å². The Labute approximate surface area is 165 Å². The second kappa shape index (κ2) is 9.37. The minimum atomic E-state index is -0.480. The van der Waals surface area contributed by atoms with Gasteiger partial charge in [0.2, 0.25) is 11.8 Å². The molecular weight excluding hydrogens is 356 g/mol. The van der Waals surface area contributed by atoms with Gasteiger partial charge in [-0.05, 0) is 30.2 Å². The topological polar surface area (TPSA) is 59.1 Å². The van der Waals surface area contributed by atoms with Gasteiger partial charge in [0, 0.05) is 20.2 Å². The molecule has 6 heteroatoms. The molecule has 1 fully saturated rings. The first-order valence-electron chi connectivity index (χ1n) is 9.41. The summed E-state index contributed by atoms with van der Waals surface area (Å²) in [7, 11) is 1.58. The van der Waals surface area contributed by atoms with E-state index in [1.165, 1.54) is 0 Å². The highest BCUT2D eigenvalue weighted by Crippen LogP contribution is 2.19. The quantitative estimate of drug-likeness (QED) is 0.704. The van der Waals surface area contributed by atoms with Gasteiger partial charge in [-0.15, -0.1) is 0 Å². The Bertz CT molecular complexity index is 792. The monoisotopic (exact) mass is 382 g/mol. The lowest BCUT2D eigenvalue weighted by Crippen LogP contribution is -2.58. The second-order valence-corrected chi connectivity index (χ2v) is 6.87. The summed E-state index contributed by atoms with van der Waals surface area (Å²) >= 11 is 0. The van der Waals surface area contributed by atoms with E-state index in [2.05, 4.69) is 0 Å². The fourth-order valence-electron chi connectivity index (χ4n) is 3.19. The fraction of sp³-hybridized carbons (Fsp3) is 0.364. The molecular formula is C22H26N2O4. The number of amides is 2. The maximum atomic E-state index is 12.5. The zero-order valence-corrected chi connectivity index (χ0v) is 16.3. The van der Waals surface area contributed by atoms with Crippen LogP contribution in [0.5, 0.6) is 5.75 Å². The van der Waals surface area contributed by atoms with E-state index in [-0.39, 0.29) is 18.4 Å². The van der Waals surface area contributed by atoms with Gasteiger partial charge < -0.3 is 19.3 Å². The first-order valence-corrected chi connectivity index (χ1v) is 9.41. The summed E-state index contributed by atoms with van der Waals surface area (Å²) in [5, 5.41) is 0. The molecule has 28 heavy (non-hydrogen) atoms. The van der Waals surface area contributed by atoms with E-state index >= 15 is 0 Å². The molecule has 1 saturated heterocycles. The van der Waals surface area contributed by atoms with Crippen molar-refractivity contribution >= 4 is 11.8 Å². The first kappa shape index (κ1) is 19.9. The smallest absolute Gasteiger partial charge is 0.245 e. The molecule has 3 rings (SSSR count). The van der Waals surface area contributed by atoms with E-state index in [4.69, 9.17) is 9.47 Å². The summed E-state index contributed by atoms with van der Waals surface area (Å²) in [6.07, 6.45) is 0. The lowest BCUT2D eigenvalue weighted by atomic mass is 10.1. The third-order valence-corrected chi connectivity index (χ3v) is 4.87. The van der Waals surface area contributed by atoms with Crippen LogP contribution < -0.4 is 4.74 Å². The van der Waals surface area contributed by atoms with Crippen molar-refractivity contribution in [2.75, 3.05) is 26.8 Å². The normalized spacial score (nSPS) is 17.1. The van der Waals surface area contributed by atoms with Crippen LogP contribution in [-0.4, -0.2) is 54.5 Å². The highest BCUT2D eigenvalue weighted by atomic mass is 16.5. The van der Waals surface area contributed by atoms with Crippen molar-refractivity contribution in [3.63, 3.8) is 0 Å². The van der Waals surface area contributed by atoms with E-state index in [9.17, 15) is 9.59 Å². The van der Waals surface area contributed by atoms with Gasteiger partial charge in [-0.2, -0.15) is 0 Å². The zero-order valence-electron chi connectivity index (χ0n) is 16.3. The predicted octanol–water partition coefficient (Wildman–Crippen LogP) is 2.47. The first-order chi connectivity index (χ1) is 13.6. The molecule has 0 aromatic heterocycles. The molecule has 0 radical (unpaired) electrons. The number of carbonyl (C=O) groups is 2. The molecule has 1 aliphatic heterocycles. The lowest BCUT2D eigenvalue weighted by Gasteiger charge is -2.38. The average Bonchev–Trinajstić information content (AvgIpc) is 2.73. The van der Waals surface area contributed by atoms with E-state index in [1.807, 2.05) is 54.6 Å². The molecule has 0 spiro atoms. The number of benzene rings is 2. The van der Waals surface area contributed by atoms with Gasteiger partial charge in [0.25, 0.3) is 0 Å². The maximum absolute atomic E-state index is 12.5. The summed E-state index contributed by atoms with van der Waals surface area (Å²) in [6, 6.07) is 17.1. The highest BCUT2D eigenvalue weighted by molar-refractivity contribution is 5.94. The summed E-state index contributed by atoms with van der Waals surface area (Å²) < 4.78 is 10.8. The van der Waals surface area contributed by atoms with E-state index < -0.39 is 6.04 Å². The Morgan fingerprint density at radius 2 is 1.71 bits per heavy atom. The molecule has 2 aromatic rings. The van der Waals surface area contributed by atoms with Gasteiger partial charge in [0.05, 0.1) is 13.2 Å². The van der Waals surface area contributed by atoms with Crippen LogP contribution in [0.2, 0.25) is 0 Å². The third kappa shape index (κ3) is 4.89. The van der Waals surface area contributed by atoms with Crippen LogP contribution in [0.4, 0.5) is 0 Å². The van der Waals surface area contributed by atoms with E-state index in [0.29, 0.717) is 26.3 Å². The molecule has 2 amide bonds. The molecule has 6 nitrogen and oxygen atoms in total. The van der Waals surface area contributed by atoms with Crippen molar-refractivity contribution in [2.45, 2.75) is 26.1 Å². The Morgan fingerprint density at radius 3 is 2.39 bits per heavy atom. The second-order valence-electron chi connectivity index (χ2n) is 6.87. The number of piperazine rings is 1. The molecule has 0 aliphatic carbocycles. The lowest BCUT2D eigenvalue weighted by molar-refractivity contribution is -0.156. The Hall–Kier alpha value is -2.86. The summed E-state index contributed by atoms with van der Waals surface area (Å²) in [5.74, 6) is 0.680. The zero-order chi connectivity index (χ0) is 19.9. The number of methoxy groups -OCH3 is 1. The van der Waals surface area contributed by atoms with Gasteiger partial charge in [-0.25, -0.2) is 0 Å². The Morgan fingerprint density at radius 1 is 1.00 bits per heavy atom. The molecule has 148 valence electrons. The van der Waals surface area contributed by atoms with Crippen molar-refractivity contribution in [1.29, 1.82) is 0 Å². The summed E-state index contributed by atoms with van der Waals surface area (Å²) in [5.41, 5.74) is 2.07. The van der Waals surface area contributed by atoms with Gasteiger partial charge in [0.1, 0.15) is 18.4 Å². The van der Waals surface area contributed by atoms with Crippen molar-refractivity contribution in [1.82, 2.24) is 9.80 Å². The largest absolute Gasteiger partial charge is 0.489 e. The molecule has 1 aliphatic rings. The molecule has 0 bridgehead atoms. The van der Waals surface area contributed by atoms with Crippen molar-refractivity contribution in [2.24, 2.45) is 0 Å². The Balaban J connectivity index is 1.57. The minimum absolute atomic E-state index is 0.0422. The van der Waals surface area contributed by atoms with Crippen LogP contribution in [-0.2, 0) is 27.5 Å². The standard InChI is InChI=1S/C22H26N2O4/c1-17-22(26)23(12-13-27-2)15-21(25)24(17)14-18-8-10-20(11-9-18)28-16-19-6-4-3-5-7-19/h3-11,17H,12-16H2,1-2H3/t17-/m0/s1. The number of ether oxygens (including phenoxy) is 2. The van der Waals surface area contributed by atoms with E-state index in [1.54, 1.807) is 23.8 Å². The predicted molar refractivity (Wildman–Crippen MR) is 106 cm³/mol. The van der Waals surface area contributed by atoms with Crippen LogP contribution in [0.25, 0.3) is 0 Å². The molecule has 1 atom stereocenters. The van der Waals surface area contributed by atoms with Crippen LogP contribution in [0.3, 0.4) is 0 Å². The molecule has 0 unspecified atom stereocenters. The number of nitrogens with zero attached hydrogens (tertiary/aromatic N) is 2. The molecule has 0 saturated carbocycles. The van der Waals surface area contributed by atoms with Crippen molar-refractivity contribution < 1.29 is 19.1 Å². The van der Waals surface area contributed by atoms with Gasteiger partial charge >= 0.3 is 0 Å². The van der Waals surface area contributed by atoms with Crippen LogP contribution in [0.15, 0.2) is 54.6 Å². The highest BCUT2D eigenvalue weighted by Gasteiger charge is 2.36. The number of carbonyl (C=O) groups excluding carboxylic acids is 2. The van der Waals surface area contributed by atoms with Crippen LogP contribution >= 0.6 is 0 Å². The average molecular weight is 382 g/mol. The molecule has 0 N–H and O–H groups in total. The molecule has 2 aromatic carbocycles. The van der Waals surface area contributed by atoms with Crippen LogP contribution in [0, 0.1) is 0 Å². The van der Waals surface area contributed by atoms with Gasteiger partial charge in [-0.1, -0.05) is 42.5 Å². The summed E-state index contributed by atoms with van der Waals surface area (Å²) in [4.78, 5) is 28.2. The number of hydrogen-bond donors (Lipinski definition) is 0. The SMILES string of the molecule is COCCN1CC(=O)N(Cc2ccc(OCc3ccccc3)cc2)[C@@H](C)C1=O. The van der Waals surface area contributed by atoms with Crippen LogP contribution in [0.1, 0.15) is 18.1 Å². The van der Waals surface area contributed by atoms with Gasteiger partial charge in [-0.3, -0.25) is 9.59 Å². The Kier molecular flexibility index (Phi) is 6.66. The fourth-order valence-corrected chi connectivity index (χ4v) is 3.19. The maximum Gasteiger partial charge on any atom is 0.245 e. The van der Waals surface area contributed by atoms with Gasteiger partial charge in [0.15, 0.2) is 0 Å². The molecule has 1 heterocycles. The third-order valence-electron chi connectivity index (χ3n) is 4.87. The minimum Gasteiger partial charge on any atom is -0.489 e. The van der Waals surface area contributed by atoms with Crippen molar-refractivity contribution in [3.8, 4) is 5.75 Å². The van der Waals surface area contributed by atoms with E-state index in [0.717, 1.165) is 16.9 Å². The number of rotatable bonds is 8. The number of hydrogen-bond acceptors (Lipinski definition) is 4.